The van der Waals surface area contributed by atoms with Gasteiger partial charge in [0, 0.05) is 10.7 Å². The zero-order valence-corrected chi connectivity index (χ0v) is 11.0. The van der Waals surface area contributed by atoms with Crippen molar-refractivity contribution in [1.29, 1.82) is 0 Å². The monoisotopic (exact) mass is 302 g/mol. The van der Waals surface area contributed by atoms with Crippen LogP contribution in [0.25, 0.3) is 0 Å². The Bertz CT molecular complexity index is 430. The average molecular weight is 304 g/mol. The summed E-state index contributed by atoms with van der Waals surface area (Å²) in [5, 5.41) is 10.8. The molecule has 1 saturated carbocycles. The molecule has 1 saturated heterocycles. The van der Waals surface area contributed by atoms with E-state index in [9.17, 15) is 5.11 Å². The lowest BCUT2D eigenvalue weighted by Gasteiger charge is -2.47. The lowest BCUT2D eigenvalue weighted by atomic mass is 9.89. The number of nitrogens with zero attached hydrogens (tertiary/aromatic N) is 2. The standard InChI is InChI=1S/C11H12BrClN2O/c12-8-3-9(13)10(14-4-8)15-5-11(16,6-15)7-1-2-7/h3-4,7,16H,1-2,5-6H2. The molecule has 5 heteroatoms. The number of aliphatic hydroxyl groups is 1. The maximum absolute atomic E-state index is 10.2. The summed E-state index contributed by atoms with van der Waals surface area (Å²) in [5.74, 6) is 1.27. The molecule has 0 unspecified atom stereocenters. The van der Waals surface area contributed by atoms with E-state index in [4.69, 9.17) is 11.6 Å². The van der Waals surface area contributed by atoms with Gasteiger partial charge in [0.15, 0.2) is 0 Å². The highest BCUT2D eigenvalue weighted by Gasteiger charge is 2.52. The normalized spacial score (nSPS) is 23.1. The average Bonchev–Trinajstić information content (AvgIpc) is 2.97. The predicted octanol–water partition coefficient (Wildman–Crippen LogP) is 2.46. The van der Waals surface area contributed by atoms with Gasteiger partial charge in [0.25, 0.3) is 0 Å². The van der Waals surface area contributed by atoms with Crippen LogP contribution in [-0.4, -0.2) is 28.8 Å². The van der Waals surface area contributed by atoms with Gasteiger partial charge >= 0.3 is 0 Å². The Labute approximate surface area is 108 Å². The second-order valence-electron chi connectivity index (χ2n) is 4.69. The van der Waals surface area contributed by atoms with Crippen LogP contribution in [0.4, 0.5) is 5.82 Å². The smallest absolute Gasteiger partial charge is 0.147 e. The van der Waals surface area contributed by atoms with Crippen LogP contribution >= 0.6 is 27.5 Å². The van der Waals surface area contributed by atoms with E-state index in [1.165, 1.54) is 0 Å². The maximum atomic E-state index is 10.2. The van der Waals surface area contributed by atoms with E-state index in [-0.39, 0.29) is 0 Å². The van der Waals surface area contributed by atoms with Crippen LogP contribution in [0.5, 0.6) is 0 Å². The highest BCUT2D eigenvalue weighted by molar-refractivity contribution is 9.10. The maximum Gasteiger partial charge on any atom is 0.147 e. The first kappa shape index (κ1) is 10.8. The van der Waals surface area contributed by atoms with Crippen molar-refractivity contribution in [2.24, 2.45) is 5.92 Å². The minimum atomic E-state index is -0.488. The molecule has 0 atom stereocenters. The first-order valence-electron chi connectivity index (χ1n) is 5.37. The molecule has 0 amide bonds. The van der Waals surface area contributed by atoms with Crippen LogP contribution in [0.15, 0.2) is 16.7 Å². The quantitative estimate of drug-likeness (QED) is 0.912. The van der Waals surface area contributed by atoms with Crippen molar-refractivity contribution in [3.8, 4) is 0 Å². The van der Waals surface area contributed by atoms with Crippen molar-refractivity contribution in [3.63, 3.8) is 0 Å². The minimum Gasteiger partial charge on any atom is -0.386 e. The van der Waals surface area contributed by atoms with Crippen molar-refractivity contribution < 1.29 is 5.11 Å². The molecule has 16 heavy (non-hydrogen) atoms. The van der Waals surface area contributed by atoms with E-state index in [0.717, 1.165) is 23.1 Å². The van der Waals surface area contributed by atoms with Crippen LogP contribution in [0, 0.1) is 5.92 Å². The largest absolute Gasteiger partial charge is 0.386 e. The lowest BCUT2D eigenvalue weighted by molar-refractivity contribution is -0.00972. The van der Waals surface area contributed by atoms with Gasteiger partial charge in [-0.3, -0.25) is 0 Å². The van der Waals surface area contributed by atoms with Gasteiger partial charge in [-0.2, -0.15) is 0 Å². The molecule has 0 aromatic carbocycles. The van der Waals surface area contributed by atoms with Crippen molar-refractivity contribution in [2.45, 2.75) is 18.4 Å². The van der Waals surface area contributed by atoms with Crippen LogP contribution in [0.3, 0.4) is 0 Å². The van der Waals surface area contributed by atoms with E-state index in [1.54, 1.807) is 6.20 Å². The van der Waals surface area contributed by atoms with Crippen LogP contribution < -0.4 is 4.90 Å². The molecule has 1 aliphatic carbocycles. The number of pyridine rings is 1. The molecule has 3 rings (SSSR count). The summed E-state index contributed by atoms with van der Waals surface area (Å²) in [5.41, 5.74) is -0.488. The third-order valence-electron chi connectivity index (χ3n) is 3.35. The Morgan fingerprint density at radius 1 is 1.50 bits per heavy atom. The predicted molar refractivity (Wildman–Crippen MR) is 66.8 cm³/mol. The number of hydrogen-bond acceptors (Lipinski definition) is 3. The number of β-amino-alcohol motifs (C(OH)–C–C–N with tert-alkyl or cyclic N) is 1. The Morgan fingerprint density at radius 2 is 2.19 bits per heavy atom. The van der Waals surface area contributed by atoms with E-state index in [2.05, 4.69) is 20.9 Å². The minimum absolute atomic E-state index is 0.488. The van der Waals surface area contributed by atoms with Gasteiger partial charge in [-0.05, 0) is 40.8 Å². The van der Waals surface area contributed by atoms with Gasteiger partial charge in [0.2, 0.25) is 0 Å². The van der Waals surface area contributed by atoms with Crippen LogP contribution in [-0.2, 0) is 0 Å². The lowest BCUT2D eigenvalue weighted by Crippen LogP contribution is -2.63. The van der Waals surface area contributed by atoms with Gasteiger partial charge < -0.3 is 10.0 Å². The van der Waals surface area contributed by atoms with Gasteiger partial charge in [-0.15, -0.1) is 0 Å². The van der Waals surface area contributed by atoms with Crippen molar-refractivity contribution in [1.82, 2.24) is 4.98 Å². The Morgan fingerprint density at radius 3 is 2.75 bits per heavy atom. The Hall–Kier alpha value is -0.320. The van der Waals surface area contributed by atoms with Gasteiger partial charge in [-0.1, -0.05) is 11.6 Å². The van der Waals surface area contributed by atoms with Gasteiger partial charge in [0.05, 0.1) is 18.1 Å². The summed E-state index contributed by atoms with van der Waals surface area (Å²) in [7, 11) is 0. The molecule has 0 spiro atoms. The topological polar surface area (TPSA) is 36.4 Å². The van der Waals surface area contributed by atoms with Crippen LogP contribution in [0.2, 0.25) is 5.02 Å². The summed E-state index contributed by atoms with van der Waals surface area (Å²) >= 11 is 9.44. The molecular weight excluding hydrogens is 291 g/mol. The van der Waals surface area contributed by atoms with Gasteiger partial charge in [-0.25, -0.2) is 4.98 Å². The molecule has 1 aliphatic heterocycles. The molecule has 0 bridgehead atoms. The van der Waals surface area contributed by atoms with Crippen molar-refractivity contribution >= 4 is 33.3 Å². The first-order valence-corrected chi connectivity index (χ1v) is 6.54. The zero-order chi connectivity index (χ0) is 11.3. The molecule has 1 N–H and O–H groups in total. The van der Waals surface area contributed by atoms with Gasteiger partial charge in [0.1, 0.15) is 11.4 Å². The Kier molecular flexibility index (Phi) is 2.42. The molecular formula is C11H12BrClN2O. The summed E-state index contributed by atoms with van der Waals surface area (Å²) in [6.45, 7) is 1.32. The fourth-order valence-corrected chi connectivity index (χ4v) is 3.03. The second kappa shape index (κ2) is 3.59. The summed E-state index contributed by atoms with van der Waals surface area (Å²) in [6.07, 6.45) is 4.05. The second-order valence-corrected chi connectivity index (χ2v) is 6.02. The summed E-state index contributed by atoms with van der Waals surface area (Å²) in [4.78, 5) is 6.32. The molecule has 2 aliphatic rings. The van der Waals surface area contributed by atoms with E-state index < -0.39 is 5.60 Å². The highest BCUT2D eigenvalue weighted by Crippen LogP contribution is 2.46. The van der Waals surface area contributed by atoms with E-state index in [1.807, 2.05) is 11.0 Å². The fraction of sp³-hybridized carbons (Fsp3) is 0.545. The molecule has 2 heterocycles. The molecule has 3 nitrogen and oxygen atoms in total. The molecule has 2 fully saturated rings. The van der Waals surface area contributed by atoms with Crippen molar-refractivity contribution in [3.05, 3.63) is 21.8 Å². The zero-order valence-electron chi connectivity index (χ0n) is 8.66. The number of halogens is 2. The summed E-state index contributed by atoms with van der Waals surface area (Å²) in [6, 6.07) is 1.83. The fourth-order valence-electron chi connectivity index (χ4n) is 2.28. The van der Waals surface area contributed by atoms with Crippen molar-refractivity contribution in [2.75, 3.05) is 18.0 Å². The molecule has 1 aromatic rings. The molecule has 0 radical (unpaired) electrons. The van der Waals surface area contributed by atoms with Crippen LogP contribution in [0.1, 0.15) is 12.8 Å². The van der Waals surface area contributed by atoms with E-state index >= 15 is 0 Å². The molecule has 1 aromatic heterocycles. The highest BCUT2D eigenvalue weighted by atomic mass is 79.9. The Balaban J connectivity index is 1.75. The number of aromatic nitrogens is 1. The third-order valence-corrected chi connectivity index (χ3v) is 4.07. The number of hydrogen-bond donors (Lipinski definition) is 1. The summed E-state index contributed by atoms with van der Waals surface area (Å²) < 4.78 is 0.874. The SMILES string of the molecule is OC1(C2CC2)CN(c2ncc(Br)cc2Cl)C1. The number of anilines is 1. The third kappa shape index (κ3) is 1.73. The number of rotatable bonds is 2. The van der Waals surface area contributed by atoms with E-state index in [0.29, 0.717) is 24.0 Å². The first-order chi connectivity index (χ1) is 7.58. The molecule has 86 valence electrons.